The van der Waals surface area contributed by atoms with Crippen LogP contribution >= 0.6 is 0 Å². The molecule has 19 heavy (non-hydrogen) atoms. The van der Waals surface area contributed by atoms with Crippen molar-refractivity contribution in [1.29, 1.82) is 0 Å². The van der Waals surface area contributed by atoms with E-state index in [2.05, 4.69) is 25.7 Å². The number of likely N-dealkylation sites (N-methyl/N-ethyl adjacent to an activating group) is 1. The molecule has 0 aliphatic rings. The van der Waals surface area contributed by atoms with Crippen LogP contribution in [-0.2, 0) is 0 Å². The van der Waals surface area contributed by atoms with Crippen LogP contribution in [0.3, 0.4) is 0 Å². The van der Waals surface area contributed by atoms with Crippen molar-refractivity contribution in [1.82, 2.24) is 4.90 Å². The highest BCUT2D eigenvalue weighted by atomic mass is 19.1. The van der Waals surface area contributed by atoms with E-state index in [0.717, 1.165) is 25.1 Å². The van der Waals surface area contributed by atoms with Crippen molar-refractivity contribution < 1.29 is 4.39 Å². The lowest BCUT2D eigenvalue weighted by Crippen LogP contribution is -2.41. The number of halogens is 1. The molecule has 0 saturated carbocycles. The zero-order valence-corrected chi connectivity index (χ0v) is 12.4. The Morgan fingerprint density at radius 2 is 1.79 bits per heavy atom. The number of unbranched alkanes of at least 4 members (excludes halogenated alkanes) is 1. The Kier molecular flexibility index (Phi) is 7.03. The van der Waals surface area contributed by atoms with E-state index in [1.165, 1.54) is 25.0 Å². The van der Waals surface area contributed by atoms with Crippen molar-refractivity contribution in [3.8, 4) is 0 Å². The maximum absolute atomic E-state index is 13.1. The maximum Gasteiger partial charge on any atom is 0.123 e. The van der Waals surface area contributed by atoms with Crippen LogP contribution in [0.4, 0.5) is 4.39 Å². The fraction of sp³-hybridized carbons (Fsp3) is 0.625. The quantitative estimate of drug-likeness (QED) is 0.777. The van der Waals surface area contributed by atoms with Gasteiger partial charge in [-0.25, -0.2) is 4.39 Å². The van der Waals surface area contributed by atoms with E-state index in [1.54, 1.807) is 0 Å². The summed E-state index contributed by atoms with van der Waals surface area (Å²) in [6, 6.07) is 7.05. The molecule has 0 amide bonds. The first kappa shape index (κ1) is 16.1. The van der Waals surface area contributed by atoms with Gasteiger partial charge in [0.05, 0.1) is 0 Å². The third kappa shape index (κ3) is 4.59. The van der Waals surface area contributed by atoms with Gasteiger partial charge < -0.3 is 5.73 Å². The Bertz CT molecular complexity index is 350. The maximum atomic E-state index is 13.1. The van der Waals surface area contributed by atoms with Crippen molar-refractivity contribution in [2.45, 2.75) is 52.1 Å². The number of nitrogens with two attached hydrogens (primary N) is 1. The molecule has 0 saturated heterocycles. The Balaban J connectivity index is 2.95. The molecule has 108 valence electrons. The van der Waals surface area contributed by atoms with Gasteiger partial charge in [-0.1, -0.05) is 39.3 Å². The van der Waals surface area contributed by atoms with Crippen molar-refractivity contribution in [2.75, 3.05) is 13.1 Å². The summed E-state index contributed by atoms with van der Waals surface area (Å²) in [6.45, 7) is 8.47. The predicted octanol–water partition coefficient (Wildman–Crippen LogP) is 3.73. The zero-order chi connectivity index (χ0) is 14.3. The lowest BCUT2D eigenvalue weighted by atomic mass is 9.96. The van der Waals surface area contributed by atoms with E-state index in [0.29, 0.717) is 0 Å². The standard InChI is InChI=1S/C16H27FN2/c1-4-7-12-19(6-3)16(15(18)5-2)13-8-10-14(17)11-9-13/h8-11,15-16H,4-7,12,18H2,1-3H3. The summed E-state index contributed by atoms with van der Waals surface area (Å²) in [5.74, 6) is -0.191. The van der Waals surface area contributed by atoms with Gasteiger partial charge in [-0.2, -0.15) is 0 Å². The Morgan fingerprint density at radius 1 is 1.16 bits per heavy atom. The first-order valence-corrected chi connectivity index (χ1v) is 7.39. The summed E-state index contributed by atoms with van der Waals surface area (Å²) < 4.78 is 13.1. The number of nitrogens with zero attached hydrogens (tertiary/aromatic N) is 1. The predicted molar refractivity (Wildman–Crippen MR) is 79.6 cm³/mol. The first-order chi connectivity index (χ1) is 9.13. The number of hydrogen-bond donors (Lipinski definition) is 1. The monoisotopic (exact) mass is 266 g/mol. The van der Waals surface area contributed by atoms with Crippen LogP contribution in [-0.4, -0.2) is 24.0 Å². The van der Waals surface area contributed by atoms with Gasteiger partial charge in [0.1, 0.15) is 5.82 Å². The third-order valence-corrected chi connectivity index (χ3v) is 3.69. The van der Waals surface area contributed by atoms with E-state index in [1.807, 2.05) is 12.1 Å². The third-order valence-electron chi connectivity index (χ3n) is 3.69. The van der Waals surface area contributed by atoms with Gasteiger partial charge in [0.2, 0.25) is 0 Å². The van der Waals surface area contributed by atoms with Gasteiger partial charge in [0, 0.05) is 12.1 Å². The van der Waals surface area contributed by atoms with Crippen molar-refractivity contribution >= 4 is 0 Å². The highest BCUT2D eigenvalue weighted by Gasteiger charge is 2.24. The summed E-state index contributed by atoms with van der Waals surface area (Å²) in [5.41, 5.74) is 7.42. The molecule has 3 heteroatoms. The highest BCUT2D eigenvalue weighted by Crippen LogP contribution is 2.25. The molecule has 1 rings (SSSR count). The lowest BCUT2D eigenvalue weighted by Gasteiger charge is -2.35. The van der Waals surface area contributed by atoms with Crippen LogP contribution in [0, 0.1) is 5.82 Å². The van der Waals surface area contributed by atoms with E-state index < -0.39 is 0 Å². The molecular formula is C16H27FN2. The molecule has 0 spiro atoms. The molecule has 1 aromatic rings. The Morgan fingerprint density at radius 3 is 2.26 bits per heavy atom. The van der Waals surface area contributed by atoms with Gasteiger partial charge in [-0.3, -0.25) is 4.90 Å². The minimum atomic E-state index is -0.191. The summed E-state index contributed by atoms with van der Waals surface area (Å²) in [5, 5.41) is 0. The smallest absolute Gasteiger partial charge is 0.123 e. The summed E-state index contributed by atoms with van der Waals surface area (Å²) in [6.07, 6.45) is 3.26. The minimum Gasteiger partial charge on any atom is -0.326 e. The summed E-state index contributed by atoms with van der Waals surface area (Å²) in [7, 11) is 0. The summed E-state index contributed by atoms with van der Waals surface area (Å²) >= 11 is 0. The van der Waals surface area contributed by atoms with Gasteiger partial charge in [-0.05, 0) is 43.6 Å². The Labute approximate surface area is 116 Å². The first-order valence-electron chi connectivity index (χ1n) is 7.39. The van der Waals surface area contributed by atoms with Crippen LogP contribution in [0.15, 0.2) is 24.3 Å². The lowest BCUT2D eigenvalue weighted by molar-refractivity contribution is 0.175. The Hall–Kier alpha value is -0.930. The van der Waals surface area contributed by atoms with Crippen LogP contribution in [0.5, 0.6) is 0 Å². The molecule has 1 aromatic carbocycles. The second kappa shape index (κ2) is 8.28. The fourth-order valence-electron chi connectivity index (χ4n) is 2.47. The molecule has 0 aromatic heterocycles. The molecule has 2 nitrogen and oxygen atoms in total. The second-order valence-electron chi connectivity index (χ2n) is 5.05. The zero-order valence-electron chi connectivity index (χ0n) is 12.4. The highest BCUT2D eigenvalue weighted by molar-refractivity contribution is 5.21. The average molecular weight is 266 g/mol. The fourth-order valence-corrected chi connectivity index (χ4v) is 2.47. The molecule has 0 heterocycles. The molecule has 2 unspecified atom stereocenters. The van der Waals surface area contributed by atoms with Gasteiger partial charge in [0.25, 0.3) is 0 Å². The molecule has 0 radical (unpaired) electrons. The SMILES string of the molecule is CCCCN(CC)C(c1ccc(F)cc1)C(N)CC. The van der Waals surface area contributed by atoms with E-state index in [9.17, 15) is 4.39 Å². The van der Waals surface area contributed by atoms with Crippen molar-refractivity contribution in [3.05, 3.63) is 35.6 Å². The van der Waals surface area contributed by atoms with Crippen molar-refractivity contribution in [3.63, 3.8) is 0 Å². The minimum absolute atomic E-state index is 0.0854. The van der Waals surface area contributed by atoms with Gasteiger partial charge in [0.15, 0.2) is 0 Å². The van der Waals surface area contributed by atoms with Crippen LogP contribution < -0.4 is 5.73 Å². The number of hydrogen-bond acceptors (Lipinski definition) is 2. The van der Waals surface area contributed by atoms with Crippen LogP contribution in [0.2, 0.25) is 0 Å². The summed E-state index contributed by atoms with van der Waals surface area (Å²) in [4.78, 5) is 2.41. The van der Waals surface area contributed by atoms with Gasteiger partial charge >= 0.3 is 0 Å². The van der Waals surface area contributed by atoms with E-state index >= 15 is 0 Å². The van der Waals surface area contributed by atoms with Crippen molar-refractivity contribution in [2.24, 2.45) is 5.73 Å². The number of benzene rings is 1. The topological polar surface area (TPSA) is 29.3 Å². The molecule has 0 fully saturated rings. The second-order valence-corrected chi connectivity index (χ2v) is 5.05. The van der Waals surface area contributed by atoms with E-state index in [4.69, 9.17) is 5.73 Å². The molecule has 0 aliphatic carbocycles. The molecule has 2 N–H and O–H groups in total. The molecular weight excluding hydrogens is 239 g/mol. The van der Waals surface area contributed by atoms with Crippen LogP contribution in [0.25, 0.3) is 0 Å². The number of rotatable bonds is 8. The molecule has 2 atom stereocenters. The largest absolute Gasteiger partial charge is 0.326 e. The van der Waals surface area contributed by atoms with E-state index in [-0.39, 0.29) is 17.9 Å². The molecule has 0 bridgehead atoms. The average Bonchev–Trinajstić information content (AvgIpc) is 2.44. The van der Waals surface area contributed by atoms with Gasteiger partial charge in [-0.15, -0.1) is 0 Å². The van der Waals surface area contributed by atoms with Crippen LogP contribution in [0.1, 0.15) is 51.6 Å². The molecule has 0 aliphatic heterocycles. The normalized spacial score (nSPS) is 14.6.